The summed E-state index contributed by atoms with van der Waals surface area (Å²) in [6.45, 7) is 0. The van der Waals surface area contributed by atoms with Crippen LogP contribution in [0, 0.1) is 0 Å². The van der Waals surface area contributed by atoms with E-state index in [-0.39, 0.29) is 38.5 Å². The van der Waals surface area contributed by atoms with Crippen molar-refractivity contribution in [3.05, 3.63) is 36.4 Å². The average molecular weight is 550 g/mol. The predicted molar refractivity (Wildman–Crippen MR) is 131 cm³/mol. The average Bonchev–Trinajstić information content (AvgIpc) is 3.58. The van der Waals surface area contributed by atoms with Crippen LogP contribution in [0.2, 0.25) is 0 Å². The number of primary amides is 1. The van der Waals surface area contributed by atoms with Crippen LogP contribution in [0.25, 0.3) is 0 Å². The molecular formula is C22H31N9O8. The first kappa shape index (κ1) is 30.4. The van der Waals surface area contributed by atoms with Crippen LogP contribution in [-0.4, -0.2) is 89.9 Å². The van der Waals surface area contributed by atoms with Gasteiger partial charge in [0.1, 0.15) is 18.1 Å². The molecule has 0 radical (unpaired) electrons. The van der Waals surface area contributed by atoms with Gasteiger partial charge in [-0.3, -0.25) is 24.0 Å². The molecule has 0 aliphatic carbocycles. The molecule has 11 N–H and O–H groups in total. The number of imidazole rings is 2. The van der Waals surface area contributed by atoms with Crippen LogP contribution in [-0.2, 0) is 41.6 Å². The van der Waals surface area contributed by atoms with Crippen molar-refractivity contribution in [3.63, 3.8) is 0 Å². The van der Waals surface area contributed by atoms with Gasteiger partial charge in [0.25, 0.3) is 0 Å². The highest BCUT2D eigenvalue weighted by molar-refractivity contribution is 5.94. The number of nitrogens with one attached hydrogen (secondary N) is 5. The Kier molecular flexibility index (Phi) is 11.6. The van der Waals surface area contributed by atoms with Gasteiger partial charge >= 0.3 is 11.9 Å². The number of rotatable bonds is 17. The van der Waals surface area contributed by atoms with E-state index >= 15 is 0 Å². The van der Waals surface area contributed by atoms with Crippen LogP contribution in [0.1, 0.15) is 37.1 Å². The molecule has 0 bridgehead atoms. The number of carbonyl (C=O) groups is 6. The fourth-order valence-electron chi connectivity index (χ4n) is 3.43. The Labute approximate surface area is 221 Å². The molecule has 17 heteroatoms. The lowest BCUT2D eigenvalue weighted by Gasteiger charge is -2.25. The van der Waals surface area contributed by atoms with Gasteiger partial charge in [0.15, 0.2) is 0 Å². The first-order valence-electron chi connectivity index (χ1n) is 11.8. The van der Waals surface area contributed by atoms with Gasteiger partial charge in [-0.05, 0) is 12.8 Å². The third-order valence-corrected chi connectivity index (χ3v) is 5.52. The highest BCUT2D eigenvalue weighted by atomic mass is 16.4. The Morgan fingerprint density at radius 1 is 0.769 bits per heavy atom. The monoisotopic (exact) mass is 549 g/mol. The van der Waals surface area contributed by atoms with Crippen LogP contribution in [0.5, 0.6) is 0 Å². The van der Waals surface area contributed by atoms with Gasteiger partial charge in [-0.1, -0.05) is 0 Å². The smallest absolute Gasteiger partial charge is 0.326 e. The molecule has 39 heavy (non-hydrogen) atoms. The lowest BCUT2D eigenvalue weighted by atomic mass is 10.1. The van der Waals surface area contributed by atoms with Crippen molar-refractivity contribution in [3.8, 4) is 0 Å². The van der Waals surface area contributed by atoms with Crippen LogP contribution in [0.4, 0.5) is 0 Å². The molecule has 4 amide bonds. The van der Waals surface area contributed by atoms with Crippen LogP contribution < -0.4 is 27.4 Å². The Hall–Kier alpha value is -4.80. The number of H-pyrrole nitrogens is 2. The maximum Gasteiger partial charge on any atom is 0.326 e. The molecule has 0 saturated carbocycles. The third-order valence-electron chi connectivity index (χ3n) is 5.52. The number of carbonyl (C=O) groups excluding carboxylic acids is 4. The van der Waals surface area contributed by atoms with E-state index in [0.717, 1.165) is 0 Å². The molecule has 0 aromatic carbocycles. The maximum atomic E-state index is 13.2. The SMILES string of the molecule is NC(=O)CCC(NC(=O)C(Cc1cnc[nH]1)NC(=O)C(N)CCC(=O)O)C(=O)NC(Cc1cnc[nH]1)C(=O)O. The number of carboxylic acid groups (broad SMARTS) is 2. The van der Waals surface area contributed by atoms with E-state index < -0.39 is 59.7 Å². The number of aliphatic carboxylic acids is 2. The quantitative estimate of drug-likeness (QED) is 0.0952. The van der Waals surface area contributed by atoms with Gasteiger partial charge in [0.05, 0.1) is 18.7 Å². The number of amides is 4. The van der Waals surface area contributed by atoms with Crippen molar-refractivity contribution in [2.45, 2.75) is 62.7 Å². The zero-order valence-corrected chi connectivity index (χ0v) is 20.8. The number of hydrogen-bond donors (Lipinski definition) is 9. The first-order chi connectivity index (χ1) is 18.5. The summed E-state index contributed by atoms with van der Waals surface area (Å²) in [5.41, 5.74) is 11.8. The van der Waals surface area contributed by atoms with Gasteiger partial charge in [-0.25, -0.2) is 14.8 Å². The van der Waals surface area contributed by atoms with Crippen molar-refractivity contribution < 1.29 is 39.0 Å². The van der Waals surface area contributed by atoms with E-state index in [1.807, 2.05) is 0 Å². The second-order valence-electron chi connectivity index (χ2n) is 8.63. The molecule has 212 valence electrons. The number of carboxylic acids is 2. The van der Waals surface area contributed by atoms with E-state index in [4.69, 9.17) is 16.6 Å². The minimum atomic E-state index is -1.39. The summed E-state index contributed by atoms with van der Waals surface area (Å²) in [7, 11) is 0. The highest BCUT2D eigenvalue weighted by Gasteiger charge is 2.31. The van der Waals surface area contributed by atoms with Crippen LogP contribution in [0.3, 0.4) is 0 Å². The summed E-state index contributed by atoms with van der Waals surface area (Å²) in [6, 6.07) is -5.31. The molecule has 0 aliphatic heterocycles. The standard InChI is InChI=1S/C22H31N9O8/c23-13(1-4-18(33)34)19(35)30-15(5-11-7-25-9-27-11)21(37)29-14(2-3-17(24)32)20(36)31-16(22(38)39)6-12-8-26-10-28-12/h7-10,13-16H,1-6,23H2,(H2,24,32)(H,25,27)(H,26,28)(H,29,37)(H,30,35)(H,31,36)(H,33,34)(H,38,39). The van der Waals surface area contributed by atoms with Crippen LogP contribution in [0.15, 0.2) is 25.0 Å². The molecule has 0 fully saturated rings. The van der Waals surface area contributed by atoms with Crippen molar-refractivity contribution in [1.82, 2.24) is 35.9 Å². The predicted octanol–water partition coefficient (Wildman–Crippen LogP) is -3.09. The minimum Gasteiger partial charge on any atom is -0.481 e. The van der Waals surface area contributed by atoms with Crippen molar-refractivity contribution in [1.29, 1.82) is 0 Å². The molecule has 4 unspecified atom stereocenters. The molecule has 2 rings (SSSR count). The highest BCUT2D eigenvalue weighted by Crippen LogP contribution is 2.06. The fraction of sp³-hybridized carbons (Fsp3) is 0.455. The number of aromatic nitrogens is 4. The number of hydrogen-bond acceptors (Lipinski definition) is 9. The molecule has 17 nitrogen and oxygen atoms in total. The van der Waals surface area contributed by atoms with E-state index in [2.05, 4.69) is 35.9 Å². The van der Waals surface area contributed by atoms with E-state index in [1.165, 1.54) is 25.0 Å². The van der Waals surface area contributed by atoms with Crippen LogP contribution >= 0.6 is 0 Å². The topological polar surface area (TPSA) is 288 Å². The van der Waals surface area contributed by atoms with Gasteiger partial charge in [0, 0.05) is 49.5 Å². The summed E-state index contributed by atoms with van der Waals surface area (Å²) in [5.74, 6) is -5.83. The lowest BCUT2D eigenvalue weighted by Crippen LogP contribution is -2.58. The Balaban J connectivity index is 2.18. The molecule has 0 saturated heterocycles. The molecular weight excluding hydrogens is 518 g/mol. The summed E-state index contributed by atoms with van der Waals surface area (Å²) >= 11 is 0. The molecule has 4 atom stereocenters. The van der Waals surface area contributed by atoms with Crippen molar-refractivity contribution >= 4 is 35.6 Å². The van der Waals surface area contributed by atoms with Gasteiger partial charge in [-0.15, -0.1) is 0 Å². The second-order valence-corrected chi connectivity index (χ2v) is 8.63. The largest absolute Gasteiger partial charge is 0.481 e. The van der Waals surface area contributed by atoms with Crippen molar-refractivity contribution in [2.75, 3.05) is 0 Å². The Bertz CT molecular complexity index is 1140. The van der Waals surface area contributed by atoms with E-state index in [9.17, 15) is 33.9 Å². The second kappa shape index (κ2) is 14.8. The zero-order chi connectivity index (χ0) is 28.9. The fourth-order valence-corrected chi connectivity index (χ4v) is 3.43. The Morgan fingerprint density at radius 3 is 1.77 bits per heavy atom. The minimum absolute atomic E-state index is 0.106. The zero-order valence-electron chi connectivity index (χ0n) is 20.8. The summed E-state index contributed by atoms with van der Waals surface area (Å²) in [4.78, 5) is 85.8. The molecule has 2 aromatic rings. The molecule has 2 aromatic heterocycles. The normalized spacial score (nSPS) is 13.9. The summed E-state index contributed by atoms with van der Waals surface area (Å²) in [6.07, 6.45) is 4.11. The maximum absolute atomic E-state index is 13.2. The summed E-state index contributed by atoms with van der Waals surface area (Å²) < 4.78 is 0. The number of nitrogens with zero attached hydrogens (tertiary/aromatic N) is 2. The van der Waals surface area contributed by atoms with E-state index in [1.54, 1.807) is 0 Å². The molecule has 2 heterocycles. The third kappa shape index (κ3) is 10.6. The number of aromatic amines is 2. The number of nitrogens with two attached hydrogens (primary N) is 2. The van der Waals surface area contributed by atoms with Gasteiger partial charge in [-0.2, -0.15) is 0 Å². The van der Waals surface area contributed by atoms with E-state index in [0.29, 0.717) is 11.4 Å². The summed E-state index contributed by atoms with van der Waals surface area (Å²) in [5, 5.41) is 25.5. The van der Waals surface area contributed by atoms with Gasteiger partial charge in [0.2, 0.25) is 23.6 Å². The lowest BCUT2D eigenvalue weighted by molar-refractivity contribution is -0.142. The van der Waals surface area contributed by atoms with Gasteiger partial charge < -0.3 is 47.6 Å². The van der Waals surface area contributed by atoms with Crippen molar-refractivity contribution in [2.24, 2.45) is 11.5 Å². The molecule has 0 spiro atoms. The molecule has 0 aliphatic rings. The Morgan fingerprint density at radius 2 is 1.28 bits per heavy atom. The first-order valence-corrected chi connectivity index (χ1v) is 11.8.